The number of nitrogens with two attached hydrogens (primary N) is 2. The minimum Gasteiger partial charge on any atom is -0.481 e. The summed E-state index contributed by atoms with van der Waals surface area (Å²) in [6.07, 6.45) is -1.34. The van der Waals surface area contributed by atoms with Gasteiger partial charge in [0, 0.05) is 23.5 Å². The van der Waals surface area contributed by atoms with Gasteiger partial charge in [-0.25, -0.2) is 4.98 Å². The fourth-order valence-electron chi connectivity index (χ4n) is 1.07. The smallest absolute Gasteiger partial charge is 0.430 e. The number of rotatable bonds is 3. The number of allylic oxidation sites excluding steroid dienone is 3. The molecule has 0 spiro atoms. The van der Waals surface area contributed by atoms with Crippen LogP contribution in [-0.4, -0.2) is 18.3 Å². The van der Waals surface area contributed by atoms with E-state index < -0.39 is 11.9 Å². The van der Waals surface area contributed by atoms with E-state index in [0.29, 0.717) is 17.5 Å². The number of aromatic nitrogens is 1. The average Bonchev–Trinajstić information content (AvgIpc) is 2.34. The summed E-state index contributed by atoms with van der Waals surface area (Å²) in [6.45, 7) is 0. The molecule has 0 saturated heterocycles. The lowest BCUT2D eigenvalue weighted by atomic mass is 10.2. The topological polar surface area (TPSA) is 74.2 Å². The van der Waals surface area contributed by atoms with Crippen molar-refractivity contribution in [2.45, 2.75) is 6.18 Å². The van der Waals surface area contributed by atoms with Gasteiger partial charge in [0.15, 0.2) is 0 Å². The molecule has 4 nitrogen and oxygen atoms in total. The van der Waals surface area contributed by atoms with Crippen molar-refractivity contribution >= 4 is 5.70 Å². The van der Waals surface area contributed by atoms with Crippen LogP contribution in [0.3, 0.4) is 0 Å². The molecule has 0 amide bonds. The Labute approximate surface area is 102 Å². The van der Waals surface area contributed by atoms with E-state index in [1.807, 2.05) is 0 Å². The molecule has 0 radical (unpaired) electrons. The van der Waals surface area contributed by atoms with Crippen LogP contribution in [-0.2, 0) is 0 Å². The highest BCUT2D eigenvalue weighted by molar-refractivity contribution is 5.64. The van der Waals surface area contributed by atoms with Crippen molar-refractivity contribution in [3.05, 3.63) is 41.7 Å². The molecule has 1 aromatic heterocycles. The van der Waals surface area contributed by atoms with Gasteiger partial charge in [-0.05, 0) is 18.2 Å². The van der Waals surface area contributed by atoms with Gasteiger partial charge in [-0.2, -0.15) is 13.2 Å². The molecule has 0 bridgehead atoms. The van der Waals surface area contributed by atoms with Crippen LogP contribution in [0, 0.1) is 0 Å². The van der Waals surface area contributed by atoms with Crippen LogP contribution < -0.4 is 16.2 Å². The Bertz CT molecular complexity index is 481. The van der Waals surface area contributed by atoms with Crippen molar-refractivity contribution in [3.8, 4) is 5.88 Å². The molecule has 0 aromatic carbocycles. The molecule has 0 saturated carbocycles. The minimum absolute atomic E-state index is 0.128. The summed E-state index contributed by atoms with van der Waals surface area (Å²) >= 11 is 0. The minimum atomic E-state index is -4.56. The van der Waals surface area contributed by atoms with Crippen molar-refractivity contribution in [3.63, 3.8) is 0 Å². The van der Waals surface area contributed by atoms with Crippen LogP contribution in [0.5, 0.6) is 5.88 Å². The molecule has 0 aliphatic rings. The summed E-state index contributed by atoms with van der Waals surface area (Å²) in [5, 5.41) is 0. The third kappa shape index (κ3) is 3.69. The van der Waals surface area contributed by atoms with Crippen molar-refractivity contribution in [1.29, 1.82) is 0 Å². The largest absolute Gasteiger partial charge is 0.481 e. The van der Waals surface area contributed by atoms with E-state index >= 15 is 0 Å². The highest BCUT2D eigenvalue weighted by Crippen LogP contribution is 2.22. The first kappa shape index (κ1) is 13.9. The Hall–Kier alpha value is -2.18. The van der Waals surface area contributed by atoms with E-state index in [0.717, 1.165) is 6.08 Å². The number of halogens is 3. The van der Waals surface area contributed by atoms with Crippen molar-refractivity contribution < 1.29 is 17.9 Å². The van der Waals surface area contributed by atoms with Crippen LogP contribution in [0.25, 0.3) is 5.70 Å². The standard InChI is InChI=1S/C11H12F3N3O/c1-18-10-6-7(4-5-17-10)8(15)2-3-9(16)11(12,13)14/h2-6H,15-16H2,1H3/b8-2-,9-3-. The second kappa shape index (κ2) is 5.44. The van der Waals surface area contributed by atoms with Gasteiger partial charge in [-0.3, -0.25) is 0 Å². The zero-order valence-corrected chi connectivity index (χ0v) is 9.53. The van der Waals surface area contributed by atoms with Gasteiger partial charge in [0.25, 0.3) is 0 Å². The summed E-state index contributed by atoms with van der Waals surface area (Å²) in [5.41, 5.74) is 9.86. The van der Waals surface area contributed by atoms with Gasteiger partial charge >= 0.3 is 6.18 Å². The average molecular weight is 259 g/mol. The third-order valence-corrected chi connectivity index (χ3v) is 2.05. The SMILES string of the molecule is COc1cc(/C(N)=C/C=C(\N)C(F)(F)F)ccn1. The van der Waals surface area contributed by atoms with Gasteiger partial charge < -0.3 is 16.2 Å². The number of hydrogen-bond donors (Lipinski definition) is 2. The Balaban J connectivity index is 2.96. The molecule has 0 atom stereocenters. The molecular weight excluding hydrogens is 247 g/mol. The number of nitrogens with zero attached hydrogens (tertiary/aromatic N) is 1. The maximum atomic E-state index is 12.1. The first-order valence-electron chi connectivity index (χ1n) is 4.85. The number of alkyl halides is 3. The lowest BCUT2D eigenvalue weighted by Gasteiger charge is -2.05. The molecule has 0 fully saturated rings. The van der Waals surface area contributed by atoms with Gasteiger partial charge in [-0.15, -0.1) is 0 Å². The van der Waals surface area contributed by atoms with Gasteiger partial charge in [0.1, 0.15) is 5.70 Å². The maximum absolute atomic E-state index is 12.1. The van der Waals surface area contributed by atoms with Crippen molar-refractivity contribution in [2.75, 3.05) is 7.11 Å². The van der Waals surface area contributed by atoms with E-state index in [-0.39, 0.29) is 5.70 Å². The summed E-state index contributed by atoms with van der Waals surface area (Å²) in [4.78, 5) is 3.85. The maximum Gasteiger partial charge on any atom is 0.430 e. The molecule has 1 heterocycles. The normalized spacial score (nSPS) is 13.6. The van der Waals surface area contributed by atoms with Crippen LogP contribution in [0.4, 0.5) is 13.2 Å². The Morgan fingerprint density at radius 2 is 2.00 bits per heavy atom. The van der Waals surface area contributed by atoms with E-state index in [1.165, 1.54) is 19.4 Å². The highest BCUT2D eigenvalue weighted by Gasteiger charge is 2.30. The van der Waals surface area contributed by atoms with E-state index in [1.54, 1.807) is 6.07 Å². The summed E-state index contributed by atoms with van der Waals surface area (Å²) < 4.78 is 41.3. The Morgan fingerprint density at radius 3 is 2.56 bits per heavy atom. The monoisotopic (exact) mass is 259 g/mol. The fraction of sp³-hybridized carbons (Fsp3) is 0.182. The number of pyridine rings is 1. The van der Waals surface area contributed by atoms with Crippen LogP contribution >= 0.6 is 0 Å². The number of ether oxygens (including phenoxy) is 1. The zero-order valence-electron chi connectivity index (χ0n) is 9.53. The molecule has 98 valence electrons. The van der Waals surface area contributed by atoms with Crippen LogP contribution in [0.2, 0.25) is 0 Å². The Kier molecular flexibility index (Phi) is 4.19. The molecule has 1 rings (SSSR count). The Morgan fingerprint density at radius 1 is 1.33 bits per heavy atom. The van der Waals surface area contributed by atoms with Crippen LogP contribution in [0.15, 0.2) is 36.2 Å². The molecule has 1 aromatic rings. The number of hydrogen-bond acceptors (Lipinski definition) is 4. The van der Waals surface area contributed by atoms with Gasteiger partial charge in [0.05, 0.1) is 7.11 Å². The first-order valence-corrected chi connectivity index (χ1v) is 4.85. The summed E-state index contributed by atoms with van der Waals surface area (Å²) in [5.74, 6) is 0.316. The van der Waals surface area contributed by atoms with Crippen molar-refractivity contribution in [2.24, 2.45) is 11.5 Å². The van der Waals surface area contributed by atoms with Crippen molar-refractivity contribution in [1.82, 2.24) is 4.98 Å². The molecule has 18 heavy (non-hydrogen) atoms. The molecule has 4 N–H and O–H groups in total. The predicted molar refractivity (Wildman–Crippen MR) is 61.3 cm³/mol. The van der Waals surface area contributed by atoms with Gasteiger partial charge in [-0.1, -0.05) is 0 Å². The predicted octanol–water partition coefficient (Wildman–Crippen LogP) is 1.79. The molecule has 7 heteroatoms. The molecule has 0 aliphatic carbocycles. The molecule has 0 aliphatic heterocycles. The zero-order chi connectivity index (χ0) is 13.8. The summed E-state index contributed by atoms with van der Waals surface area (Å²) in [6, 6.07) is 3.05. The lowest BCUT2D eigenvalue weighted by molar-refractivity contribution is -0.0926. The number of methoxy groups -OCH3 is 1. The second-order valence-electron chi connectivity index (χ2n) is 3.33. The molecular formula is C11H12F3N3O. The fourth-order valence-corrected chi connectivity index (χ4v) is 1.07. The van der Waals surface area contributed by atoms with E-state index in [4.69, 9.17) is 16.2 Å². The highest BCUT2D eigenvalue weighted by atomic mass is 19.4. The first-order chi connectivity index (χ1) is 8.34. The van der Waals surface area contributed by atoms with Gasteiger partial charge in [0.2, 0.25) is 5.88 Å². The quantitative estimate of drug-likeness (QED) is 0.812. The van der Waals surface area contributed by atoms with Crippen LogP contribution in [0.1, 0.15) is 5.56 Å². The third-order valence-electron chi connectivity index (χ3n) is 2.05. The van der Waals surface area contributed by atoms with E-state index in [2.05, 4.69) is 4.98 Å². The lowest BCUT2D eigenvalue weighted by Crippen LogP contribution is -2.18. The molecule has 0 unspecified atom stereocenters. The second-order valence-corrected chi connectivity index (χ2v) is 3.33. The summed E-state index contributed by atoms with van der Waals surface area (Å²) in [7, 11) is 1.42. The van der Waals surface area contributed by atoms with E-state index in [9.17, 15) is 13.2 Å².